The van der Waals surface area contributed by atoms with E-state index >= 15 is 0 Å². The molecule has 2 heterocycles. The smallest absolute Gasteiger partial charge is 0.360 e. The molecule has 0 radical (unpaired) electrons. The lowest BCUT2D eigenvalue weighted by atomic mass is 10.1. The van der Waals surface area contributed by atoms with Gasteiger partial charge in [-0.25, -0.2) is 8.42 Å². The number of rotatable bonds is 4. The maximum Gasteiger partial charge on any atom is 0.416 e. The highest BCUT2D eigenvalue weighted by atomic mass is 32.2. The zero-order valence-corrected chi connectivity index (χ0v) is 17.4. The Bertz CT molecular complexity index is 1010. The van der Waals surface area contributed by atoms with Crippen LogP contribution in [0.25, 0.3) is 0 Å². The van der Waals surface area contributed by atoms with Gasteiger partial charge in [0.05, 0.1) is 12.0 Å². The van der Waals surface area contributed by atoms with Gasteiger partial charge < -0.3 is 9.42 Å². The van der Waals surface area contributed by atoms with Crippen molar-refractivity contribution in [3.8, 4) is 0 Å². The van der Waals surface area contributed by atoms with Crippen molar-refractivity contribution in [2.75, 3.05) is 26.2 Å². The Morgan fingerprint density at radius 1 is 1.17 bits per heavy atom. The molecule has 0 spiro atoms. The third kappa shape index (κ3) is 4.67. The van der Waals surface area contributed by atoms with E-state index in [0.29, 0.717) is 13.0 Å². The van der Waals surface area contributed by atoms with E-state index < -0.39 is 21.8 Å². The van der Waals surface area contributed by atoms with Gasteiger partial charge in [0.15, 0.2) is 5.76 Å². The van der Waals surface area contributed by atoms with Gasteiger partial charge in [-0.05, 0) is 31.9 Å². The van der Waals surface area contributed by atoms with Crippen molar-refractivity contribution in [2.45, 2.75) is 37.8 Å². The van der Waals surface area contributed by atoms with E-state index in [4.69, 9.17) is 4.52 Å². The summed E-state index contributed by atoms with van der Waals surface area (Å²) >= 11 is 0. The van der Waals surface area contributed by atoms with Gasteiger partial charge in [-0.2, -0.15) is 17.5 Å². The predicted octanol–water partition coefficient (Wildman–Crippen LogP) is 2.78. The van der Waals surface area contributed by atoms with Crippen LogP contribution in [0.2, 0.25) is 0 Å². The van der Waals surface area contributed by atoms with E-state index in [2.05, 4.69) is 5.16 Å². The average Bonchev–Trinajstić information content (AvgIpc) is 2.86. The van der Waals surface area contributed by atoms with Gasteiger partial charge in [-0.3, -0.25) is 4.79 Å². The minimum atomic E-state index is -4.48. The summed E-state index contributed by atoms with van der Waals surface area (Å²) in [5.41, 5.74) is -0.270. The molecule has 0 aliphatic carbocycles. The molecule has 0 N–H and O–H groups in total. The van der Waals surface area contributed by atoms with Crippen LogP contribution in [0, 0.1) is 13.8 Å². The predicted molar refractivity (Wildman–Crippen MR) is 101 cm³/mol. The maximum absolute atomic E-state index is 13.0. The van der Waals surface area contributed by atoms with Crippen LogP contribution < -0.4 is 0 Å². The summed E-state index contributed by atoms with van der Waals surface area (Å²) in [6, 6.07) is 4.66. The maximum atomic E-state index is 13.0. The van der Waals surface area contributed by atoms with E-state index in [1.54, 1.807) is 6.92 Å². The van der Waals surface area contributed by atoms with Crippen molar-refractivity contribution >= 4 is 15.9 Å². The number of aryl methyl sites for hydroxylation is 2. The van der Waals surface area contributed by atoms with Gasteiger partial charge in [0.25, 0.3) is 0 Å². The second-order valence-electron chi connectivity index (χ2n) is 7.17. The summed E-state index contributed by atoms with van der Waals surface area (Å²) in [5.74, 6) is -0.139. The second-order valence-corrected chi connectivity index (χ2v) is 9.04. The largest absolute Gasteiger partial charge is 0.416 e. The van der Waals surface area contributed by atoms with Crippen LogP contribution in [0.5, 0.6) is 0 Å². The molecule has 1 aromatic heterocycles. The summed E-state index contributed by atoms with van der Waals surface area (Å²) in [7, 11) is -3.82. The first-order chi connectivity index (χ1) is 14.0. The van der Waals surface area contributed by atoms with Crippen molar-refractivity contribution in [2.24, 2.45) is 0 Å². The fraction of sp³-hybridized carbons (Fsp3) is 0.474. The molecule has 0 saturated carbocycles. The standard InChI is InChI=1S/C19H22F3N3O4S/c1-13-18(14(2)29-23-13)30(27,28)25-8-4-7-24(9-10-25)17(26)12-15-5-3-6-16(11-15)19(20,21)22/h3,5-6,11H,4,7-10,12H2,1-2H3. The van der Waals surface area contributed by atoms with Gasteiger partial charge in [0.1, 0.15) is 10.6 Å². The highest BCUT2D eigenvalue weighted by molar-refractivity contribution is 7.89. The lowest BCUT2D eigenvalue weighted by Gasteiger charge is -2.22. The Balaban J connectivity index is 1.69. The quantitative estimate of drug-likeness (QED) is 0.723. The Kier molecular flexibility index (Phi) is 6.23. The lowest BCUT2D eigenvalue weighted by Crippen LogP contribution is -2.38. The molecule has 1 fully saturated rings. The summed E-state index contributed by atoms with van der Waals surface area (Å²) in [6.07, 6.45) is -4.24. The minimum Gasteiger partial charge on any atom is -0.360 e. The number of carbonyl (C=O) groups excluding carboxylic acids is 1. The first-order valence-electron chi connectivity index (χ1n) is 9.37. The molecule has 1 aromatic carbocycles. The molecule has 164 valence electrons. The zero-order chi connectivity index (χ0) is 22.1. The number of carbonyl (C=O) groups is 1. The number of aromatic nitrogens is 1. The van der Waals surface area contributed by atoms with Gasteiger partial charge in [-0.1, -0.05) is 23.4 Å². The van der Waals surface area contributed by atoms with E-state index in [9.17, 15) is 26.4 Å². The van der Waals surface area contributed by atoms with Crippen molar-refractivity contribution in [3.63, 3.8) is 0 Å². The van der Waals surface area contributed by atoms with E-state index in [-0.39, 0.29) is 53.9 Å². The van der Waals surface area contributed by atoms with Crippen molar-refractivity contribution in [1.82, 2.24) is 14.4 Å². The number of nitrogens with zero attached hydrogens (tertiary/aromatic N) is 3. The molecule has 2 aromatic rings. The number of amides is 1. The van der Waals surface area contributed by atoms with Crippen LogP contribution in [0.1, 0.15) is 29.0 Å². The summed E-state index contributed by atoms with van der Waals surface area (Å²) in [4.78, 5) is 14.1. The highest BCUT2D eigenvalue weighted by Gasteiger charge is 2.33. The minimum absolute atomic E-state index is 0.0336. The van der Waals surface area contributed by atoms with Crippen molar-refractivity contribution in [3.05, 3.63) is 46.8 Å². The SMILES string of the molecule is Cc1noc(C)c1S(=O)(=O)N1CCCN(C(=O)Cc2cccc(C(F)(F)F)c2)CC1. The fourth-order valence-electron chi connectivity index (χ4n) is 3.50. The average molecular weight is 445 g/mol. The van der Waals surface area contributed by atoms with Gasteiger partial charge in [-0.15, -0.1) is 0 Å². The number of benzene rings is 1. The molecule has 0 atom stereocenters. The number of alkyl halides is 3. The normalized spacial score (nSPS) is 16.5. The second kappa shape index (κ2) is 8.38. The number of sulfonamides is 1. The molecule has 30 heavy (non-hydrogen) atoms. The third-order valence-electron chi connectivity index (χ3n) is 4.98. The van der Waals surface area contributed by atoms with Crippen molar-refractivity contribution in [1.29, 1.82) is 0 Å². The lowest BCUT2D eigenvalue weighted by molar-refractivity contribution is -0.138. The van der Waals surface area contributed by atoms with Gasteiger partial charge in [0, 0.05) is 26.2 Å². The van der Waals surface area contributed by atoms with E-state index in [0.717, 1.165) is 12.1 Å². The molecular weight excluding hydrogens is 423 g/mol. The van der Waals surface area contributed by atoms with Crippen molar-refractivity contribution < 1.29 is 30.9 Å². The van der Waals surface area contributed by atoms with Gasteiger partial charge in [0.2, 0.25) is 15.9 Å². The van der Waals surface area contributed by atoms with Crippen LogP contribution in [0.15, 0.2) is 33.7 Å². The molecule has 3 rings (SSSR count). The summed E-state index contributed by atoms with van der Waals surface area (Å²) in [6.45, 7) is 3.86. The Labute approximate surface area is 172 Å². The number of hydrogen-bond acceptors (Lipinski definition) is 5. The molecular formula is C19H22F3N3O4S. The van der Waals surface area contributed by atoms with Crippen LogP contribution in [0.4, 0.5) is 13.2 Å². The zero-order valence-electron chi connectivity index (χ0n) is 16.6. The van der Waals surface area contributed by atoms with Gasteiger partial charge >= 0.3 is 6.18 Å². The van der Waals surface area contributed by atoms with E-state index in [1.807, 2.05) is 0 Å². The first-order valence-corrected chi connectivity index (χ1v) is 10.8. The Morgan fingerprint density at radius 3 is 2.53 bits per heavy atom. The molecule has 1 aliphatic rings. The van der Waals surface area contributed by atoms with E-state index in [1.165, 1.54) is 28.3 Å². The topological polar surface area (TPSA) is 83.7 Å². The van der Waals surface area contributed by atoms with Crippen LogP contribution >= 0.6 is 0 Å². The number of halogens is 3. The molecule has 0 bridgehead atoms. The van der Waals surface area contributed by atoms with Crippen LogP contribution in [-0.4, -0.2) is 54.9 Å². The van der Waals surface area contributed by atoms with Crippen LogP contribution in [0.3, 0.4) is 0 Å². The molecule has 1 saturated heterocycles. The monoisotopic (exact) mass is 445 g/mol. The molecule has 1 aliphatic heterocycles. The summed E-state index contributed by atoms with van der Waals surface area (Å²) < 4.78 is 70.8. The van der Waals surface area contributed by atoms with Crippen LogP contribution in [-0.2, 0) is 27.4 Å². The first kappa shape index (κ1) is 22.3. The fourth-order valence-corrected chi connectivity index (χ4v) is 5.26. The Hall–Kier alpha value is -2.40. The summed E-state index contributed by atoms with van der Waals surface area (Å²) in [5, 5.41) is 3.69. The molecule has 11 heteroatoms. The molecule has 0 unspecified atom stereocenters. The number of hydrogen-bond donors (Lipinski definition) is 0. The Morgan fingerprint density at radius 2 is 1.90 bits per heavy atom. The molecule has 1 amide bonds. The third-order valence-corrected chi connectivity index (χ3v) is 7.13. The highest BCUT2D eigenvalue weighted by Crippen LogP contribution is 2.30. The molecule has 7 nitrogen and oxygen atoms in total.